The molecule has 1 atom stereocenters. The number of carbonyl (C=O) groups excluding carboxylic acids is 2. The fourth-order valence-electron chi connectivity index (χ4n) is 3.23. The van der Waals surface area contributed by atoms with E-state index in [2.05, 4.69) is 25.7 Å². The maximum absolute atomic E-state index is 12.6. The van der Waals surface area contributed by atoms with Crippen LogP contribution in [0.1, 0.15) is 30.2 Å². The van der Waals surface area contributed by atoms with Gasteiger partial charge in [0.05, 0.1) is 11.4 Å². The molecular formula is C17H16N6O2S. The molecule has 0 unspecified atom stereocenters. The van der Waals surface area contributed by atoms with Crippen LogP contribution in [-0.4, -0.2) is 38.8 Å². The molecule has 132 valence electrons. The fourth-order valence-corrected chi connectivity index (χ4v) is 4.15. The molecule has 8 nitrogen and oxygen atoms in total. The van der Waals surface area contributed by atoms with E-state index < -0.39 is 5.92 Å². The molecule has 0 bridgehead atoms. The molecule has 2 amide bonds. The fraction of sp³-hybridized carbons (Fsp3) is 0.353. The van der Waals surface area contributed by atoms with E-state index in [9.17, 15) is 9.59 Å². The van der Waals surface area contributed by atoms with Crippen LogP contribution in [-0.2, 0) is 9.59 Å². The molecule has 0 spiro atoms. The molecule has 1 saturated carbocycles. The number of hydrogen-bond acceptors (Lipinski definition) is 6. The summed E-state index contributed by atoms with van der Waals surface area (Å²) < 4.78 is 0. The quantitative estimate of drug-likeness (QED) is 0.735. The Hall–Kier alpha value is -2.81. The molecule has 2 aliphatic rings. The molecule has 26 heavy (non-hydrogen) atoms. The van der Waals surface area contributed by atoms with Gasteiger partial charge >= 0.3 is 0 Å². The smallest absolute Gasteiger partial charge is 0.231 e. The first-order valence-electron chi connectivity index (χ1n) is 8.57. The molecule has 1 saturated heterocycles. The van der Waals surface area contributed by atoms with Crippen molar-refractivity contribution >= 4 is 45.0 Å². The van der Waals surface area contributed by atoms with E-state index in [4.69, 9.17) is 0 Å². The van der Waals surface area contributed by atoms with Crippen LogP contribution >= 0.6 is 11.3 Å². The number of rotatable bonds is 4. The summed E-state index contributed by atoms with van der Waals surface area (Å²) in [5.41, 5.74) is 0.865. The second-order valence-corrected chi connectivity index (χ2v) is 7.72. The van der Waals surface area contributed by atoms with Gasteiger partial charge in [0.15, 0.2) is 5.82 Å². The van der Waals surface area contributed by atoms with E-state index >= 15 is 0 Å². The van der Waals surface area contributed by atoms with Gasteiger partial charge in [-0.15, -0.1) is 10.2 Å². The lowest BCUT2D eigenvalue weighted by atomic mass is 10.1. The molecule has 5 rings (SSSR count). The van der Waals surface area contributed by atoms with E-state index in [0.717, 1.165) is 28.8 Å². The van der Waals surface area contributed by atoms with E-state index in [1.54, 1.807) is 4.90 Å². The van der Waals surface area contributed by atoms with Crippen molar-refractivity contribution in [3.05, 3.63) is 29.3 Å². The number of para-hydroxylation sites is 1. The lowest BCUT2D eigenvalue weighted by Gasteiger charge is -2.13. The summed E-state index contributed by atoms with van der Waals surface area (Å²) in [6, 6.07) is 7.63. The normalized spacial score (nSPS) is 20.1. The number of carbonyl (C=O) groups is 2. The Labute approximate surface area is 152 Å². The summed E-state index contributed by atoms with van der Waals surface area (Å²) in [4.78, 5) is 26.6. The Balaban J connectivity index is 1.31. The van der Waals surface area contributed by atoms with Crippen molar-refractivity contribution in [1.29, 1.82) is 0 Å². The van der Waals surface area contributed by atoms with Crippen LogP contribution in [0.15, 0.2) is 24.3 Å². The van der Waals surface area contributed by atoms with Gasteiger partial charge in [0.1, 0.15) is 5.01 Å². The third-order valence-electron chi connectivity index (χ3n) is 4.80. The van der Waals surface area contributed by atoms with Crippen molar-refractivity contribution in [2.75, 3.05) is 16.8 Å². The van der Waals surface area contributed by atoms with Crippen molar-refractivity contribution in [3.63, 3.8) is 0 Å². The molecule has 1 aromatic carbocycles. The maximum Gasteiger partial charge on any atom is 0.231 e. The molecule has 3 aromatic rings. The molecule has 0 radical (unpaired) electrons. The standard InChI is InChI=1S/C17H16N6O2S/c24-13-7-10(15(25)18-17-22-21-16(26-17)9-5-6-9)8-23(13)14-11-3-1-2-4-12(11)19-20-14/h1-4,9-10H,5-8H2,(H,19,20)(H,18,22,25)/t10-/m0/s1. The number of H-pyrrole nitrogens is 1. The zero-order valence-electron chi connectivity index (χ0n) is 13.8. The van der Waals surface area contributed by atoms with Crippen LogP contribution in [0.2, 0.25) is 0 Å². The topological polar surface area (TPSA) is 104 Å². The molecule has 9 heteroatoms. The molecule has 2 N–H and O–H groups in total. The van der Waals surface area contributed by atoms with Crippen molar-refractivity contribution in [3.8, 4) is 0 Å². The van der Waals surface area contributed by atoms with Crippen LogP contribution in [0.25, 0.3) is 10.9 Å². The Morgan fingerprint density at radius 3 is 2.96 bits per heavy atom. The van der Waals surface area contributed by atoms with Gasteiger partial charge in [-0.2, -0.15) is 5.10 Å². The van der Waals surface area contributed by atoms with Gasteiger partial charge in [-0.05, 0) is 25.0 Å². The summed E-state index contributed by atoms with van der Waals surface area (Å²) in [6.45, 7) is 0.313. The van der Waals surface area contributed by atoms with Gasteiger partial charge in [0.25, 0.3) is 0 Å². The van der Waals surface area contributed by atoms with Gasteiger partial charge < -0.3 is 5.32 Å². The number of fused-ring (bicyclic) bond motifs is 1. The SMILES string of the molecule is O=C(Nc1nnc(C2CC2)s1)[C@H]1CC(=O)N(c2n[nH]c3ccccc23)C1. The summed E-state index contributed by atoms with van der Waals surface area (Å²) in [5.74, 6) is 0.367. The Morgan fingerprint density at radius 1 is 1.27 bits per heavy atom. The van der Waals surface area contributed by atoms with E-state index in [0.29, 0.717) is 23.4 Å². The first-order valence-corrected chi connectivity index (χ1v) is 9.38. The average molecular weight is 368 g/mol. The highest BCUT2D eigenvalue weighted by Crippen LogP contribution is 2.42. The number of anilines is 2. The van der Waals surface area contributed by atoms with Crippen LogP contribution < -0.4 is 10.2 Å². The van der Waals surface area contributed by atoms with Crippen LogP contribution in [0, 0.1) is 5.92 Å². The van der Waals surface area contributed by atoms with E-state index in [-0.39, 0.29) is 18.2 Å². The molecule has 2 aromatic heterocycles. The monoisotopic (exact) mass is 368 g/mol. The lowest BCUT2D eigenvalue weighted by molar-refractivity contribution is -0.122. The Kier molecular flexibility index (Phi) is 3.49. The predicted octanol–water partition coefficient (Wildman–Crippen LogP) is 2.28. The lowest BCUT2D eigenvalue weighted by Crippen LogP contribution is -2.28. The average Bonchev–Trinajstić information content (AvgIpc) is 3.06. The highest BCUT2D eigenvalue weighted by molar-refractivity contribution is 7.15. The number of aromatic amines is 1. The summed E-state index contributed by atoms with van der Waals surface area (Å²) in [6.07, 6.45) is 2.46. The highest BCUT2D eigenvalue weighted by Gasteiger charge is 2.37. The number of nitrogens with zero attached hydrogens (tertiary/aromatic N) is 4. The van der Waals surface area contributed by atoms with E-state index in [1.165, 1.54) is 11.3 Å². The second kappa shape index (κ2) is 5.87. The minimum atomic E-state index is -0.425. The van der Waals surface area contributed by atoms with Crippen LogP contribution in [0.5, 0.6) is 0 Å². The molecular weight excluding hydrogens is 352 g/mol. The van der Waals surface area contributed by atoms with Gasteiger partial charge in [0, 0.05) is 24.3 Å². The third-order valence-corrected chi connectivity index (χ3v) is 5.80. The Morgan fingerprint density at radius 2 is 2.12 bits per heavy atom. The summed E-state index contributed by atoms with van der Waals surface area (Å²) in [5, 5.41) is 20.5. The first kappa shape index (κ1) is 15.4. The largest absolute Gasteiger partial charge is 0.300 e. The van der Waals surface area contributed by atoms with E-state index in [1.807, 2.05) is 24.3 Å². The van der Waals surface area contributed by atoms with Gasteiger partial charge in [-0.3, -0.25) is 19.6 Å². The third kappa shape index (κ3) is 2.64. The zero-order chi connectivity index (χ0) is 17.7. The number of nitrogens with one attached hydrogen (secondary N) is 2. The maximum atomic E-state index is 12.6. The van der Waals surface area contributed by atoms with Crippen LogP contribution in [0.4, 0.5) is 10.9 Å². The highest BCUT2D eigenvalue weighted by atomic mass is 32.1. The molecule has 3 heterocycles. The second-order valence-electron chi connectivity index (χ2n) is 6.71. The van der Waals surface area contributed by atoms with Crippen molar-refractivity contribution < 1.29 is 9.59 Å². The Bertz CT molecular complexity index is 1010. The predicted molar refractivity (Wildman–Crippen MR) is 97.1 cm³/mol. The molecule has 1 aliphatic heterocycles. The van der Waals surface area contributed by atoms with Gasteiger partial charge in [0.2, 0.25) is 16.9 Å². The van der Waals surface area contributed by atoms with Gasteiger partial charge in [-0.1, -0.05) is 23.5 Å². The zero-order valence-corrected chi connectivity index (χ0v) is 14.6. The van der Waals surface area contributed by atoms with Crippen molar-refractivity contribution in [2.24, 2.45) is 5.92 Å². The summed E-state index contributed by atoms with van der Waals surface area (Å²) in [7, 11) is 0. The van der Waals surface area contributed by atoms with Crippen molar-refractivity contribution in [1.82, 2.24) is 20.4 Å². The van der Waals surface area contributed by atoms with Gasteiger partial charge in [-0.25, -0.2) is 0 Å². The molecule has 2 fully saturated rings. The first-order chi connectivity index (χ1) is 12.7. The van der Waals surface area contributed by atoms with Crippen LogP contribution in [0.3, 0.4) is 0 Å². The number of aromatic nitrogens is 4. The summed E-state index contributed by atoms with van der Waals surface area (Å²) >= 11 is 1.42. The van der Waals surface area contributed by atoms with Crippen molar-refractivity contribution in [2.45, 2.75) is 25.2 Å². The number of amides is 2. The number of benzene rings is 1. The molecule has 1 aliphatic carbocycles. The number of hydrogen-bond donors (Lipinski definition) is 2. The minimum Gasteiger partial charge on any atom is -0.300 e. The minimum absolute atomic E-state index is 0.0988.